The molecular formula is C17H14ClN5OS2. The van der Waals surface area contributed by atoms with Crippen molar-refractivity contribution in [2.24, 2.45) is 0 Å². The number of carbonyl (C=O) groups is 1. The Balaban J connectivity index is 1.65. The van der Waals surface area contributed by atoms with Gasteiger partial charge in [-0.2, -0.15) is 5.10 Å². The Hall–Kier alpha value is -2.29. The van der Waals surface area contributed by atoms with E-state index in [1.165, 1.54) is 22.7 Å². The minimum Gasteiger partial charge on any atom is -0.296 e. The number of hydrogen-bond acceptors (Lipinski definition) is 6. The van der Waals surface area contributed by atoms with Crippen LogP contribution in [0.2, 0.25) is 5.02 Å². The molecule has 0 fully saturated rings. The molecule has 1 aromatic carbocycles. The first kappa shape index (κ1) is 17.1. The molecule has 4 rings (SSSR count). The number of hydrogen-bond donors (Lipinski definition) is 1. The second-order valence-electron chi connectivity index (χ2n) is 5.74. The number of nitrogens with zero attached hydrogens (tertiary/aromatic N) is 4. The van der Waals surface area contributed by atoms with Crippen LogP contribution in [0.4, 0.5) is 5.13 Å². The number of thiophene rings is 1. The monoisotopic (exact) mass is 403 g/mol. The molecule has 0 aliphatic carbocycles. The molecule has 9 heteroatoms. The fourth-order valence-corrected chi connectivity index (χ4v) is 4.46. The van der Waals surface area contributed by atoms with Gasteiger partial charge in [-0.05, 0) is 31.5 Å². The summed E-state index contributed by atoms with van der Waals surface area (Å²) in [6.07, 6.45) is 0. The molecule has 0 aliphatic rings. The number of amides is 1. The van der Waals surface area contributed by atoms with Crippen LogP contribution in [-0.4, -0.2) is 25.9 Å². The third kappa shape index (κ3) is 3.23. The standard InChI is InChI=1S/C17H14ClN5OS2/c1-9-12-7-14(15(24)19-17-21-20-10(2)25-17)26-16(12)23(22-9)8-11-5-3-4-6-13(11)18/h3-7H,8H2,1-2H3,(H,19,21,24). The summed E-state index contributed by atoms with van der Waals surface area (Å²) in [6.45, 7) is 4.34. The van der Waals surface area contributed by atoms with Crippen molar-refractivity contribution in [3.8, 4) is 0 Å². The van der Waals surface area contributed by atoms with E-state index in [-0.39, 0.29) is 5.91 Å². The van der Waals surface area contributed by atoms with Crippen molar-refractivity contribution < 1.29 is 4.79 Å². The zero-order valence-electron chi connectivity index (χ0n) is 14.0. The third-order valence-electron chi connectivity index (χ3n) is 3.86. The van der Waals surface area contributed by atoms with Crippen LogP contribution in [0.1, 0.15) is 25.9 Å². The zero-order chi connectivity index (χ0) is 18.3. The molecule has 0 unspecified atom stereocenters. The summed E-state index contributed by atoms with van der Waals surface area (Å²) in [5.41, 5.74) is 1.87. The smallest absolute Gasteiger partial charge is 0.267 e. The predicted octanol–water partition coefficient (Wildman–Crippen LogP) is 4.52. The number of anilines is 1. The number of aryl methyl sites for hydroxylation is 2. The van der Waals surface area contributed by atoms with Crippen LogP contribution in [0.5, 0.6) is 0 Å². The lowest BCUT2D eigenvalue weighted by molar-refractivity contribution is 0.103. The van der Waals surface area contributed by atoms with E-state index in [0.29, 0.717) is 21.6 Å². The summed E-state index contributed by atoms with van der Waals surface area (Å²) < 4.78 is 1.89. The molecule has 3 heterocycles. The molecule has 0 aliphatic heterocycles. The minimum absolute atomic E-state index is 0.189. The fraction of sp³-hybridized carbons (Fsp3) is 0.176. The topological polar surface area (TPSA) is 72.7 Å². The Morgan fingerprint density at radius 2 is 2.04 bits per heavy atom. The number of carbonyl (C=O) groups excluding carboxylic acids is 1. The number of benzene rings is 1. The van der Waals surface area contributed by atoms with Gasteiger partial charge in [-0.1, -0.05) is 41.1 Å². The average molecular weight is 404 g/mol. The number of nitrogens with one attached hydrogen (secondary N) is 1. The molecule has 0 saturated carbocycles. The molecule has 0 spiro atoms. The molecule has 0 radical (unpaired) electrons. The van der Waals surface area contributed by atoms with Gasteiger partial charge in [-0.15, -0.1) is 21.5 Å². The largest absolute Gasteiger partial charge is 0.296 e. The molecule has 0 atom stereocenters. The van der Waals surface area contributed by atoms with Crippen molar-refractivity contribution in [2.75, 3.05) is 5.32 Å². The van der Waals surface area contributed by atoms with Gasteiger partial charge in [0, 0.05) is 10.4 Å². The zero-order valence-corrected chi connectivity index (χ0v) is 16.4. The van der Waals surface area contributed by atoms with E-state index in [1.807, 2.05) is 48.9 Å². The number of aromatic nitrogens is 4. The Labute approximate surface area is 162 Å². The highest BCUT2D eigenvalue weighted by Gasteiger charge is 2.18. The van der Waals surface area contributed by atoms with Crippen LogP contribution in [-0.2, 0) is 6.54 Å². The molecule has 132 valence electrons. The number of rotatable bonds is 4. The van der Waals surface area contributed by atoms with Crippen molar-refractivity contribution in [3.05, 3.63) is 56.5 Å². The van der Waals surface area contributed by atoms with Crippen molar-refractivity contribution in [1.29, 1.82) is 0 Å². The first-order valence-electron chi connectivity index (χ1n) is 7.83. The maximum Gasteiger partial charge on any atom is 0.267 e. The van der Waals surface area contributed by atoms with E-state index in [2.05, 4.69) is 20.6 Å². The second kappa shape index (κ2) is 6.79. The lowest BCUT2D eigenvalue weighted by atomic mass is 10.2. The Morgan fingerprint density at radius 3 is 2.77 bits per heavy atom. The van der Waals surface area contributed by atoms with E-state index < -0.39 is 0 Å². The molecule has 6 nitrogen and oxygen atoms in total. The van der Waals surface area contributed by atoms with Crippen LogP contribution >= 0.6 is 34.3 Å². The average Bonchev–Trinajstić information content (AvgIpc) is 3.28. The summed E-state index contributed by atoms with van der Waals surface area (Å²) in [7, 11) is 0. The van der Waals surface area contributed by atoms with Crippen LogP contribution in [0.25, 0.3) is 10.2 Å². The van der Waals surface area contributed by atoms with E-state index >= 15 is 0 Å². The Morgan fingerprint density at radius 1 is 1.23 bits per heavy atom. The summed E-state index contributed by atoms with van der Waals surface area (Å²) in [5, 5.41) is 18.2. The summed E-state index contributed by atoms with van der Waals surface area (Å²) in [5.74, 6) is -0.189. The lowest BCUT2D eigenvalue weighted by Crippen LogP contribution is -2.10. The molecule has 0 bridgehead atoms. The Kier molecular flexibility index (Phi) is 4.47. The first-order valence-corrected chi connectivity index (χ1v) is 9.84. The molecule has 1 amide bonds. The fourth-order valence-electron chi connectivity index (χ4n) is 2.63. The quantitative estimate of drug-likeness (QED) is 0.543. The van der Waals surface area contributed by atoms with E-state index in [9.17, 15) is 4.79 Å². The molecular weight excluding hydrogens is 390 g/mol. The summed E-state index contributed by atoms with van der Waals surface area (Å²) >= 11 is 9.02. The van der Waals surface area contributed by atoms with E-state index in [4.69, 9.17) is 11.6 Å². The molecule has 0 saturated heterocycles. The second-order valence-corrected chi connectivity index (χ2v) is 8.36. The lowest BCUT2D eigenvalue weighted by Gasteiger charge is -2.05. The van der Waals surface area contributed by atoms with Gasteiger partial charge in [0.15, 0.2) is 0 Å². The van der Waals surface area contributed by atoms with Crippen LogP contribution in [0.3, 0.4) is 0 Å². The highest BCUT2D eigenvalue weighted by molar-refractivity contribution is 7.20. The van der Waals surface area contributed by atoms with Crippen LogP contribution in [0.15, 0.2) is 30.3 Å². The van der Waals surface area contributed by atoms with Crippen molar-refractivity contribution in [2.45, 2.75) is 20.4 Å². The number of fused-ring (bicyclic) bond motifs is 1. The van der Waals surface area contributed by atoms with Crippen LogP contribution in [0, 0.1) is 13.8 Å². The minimum atomic E-state index is -0.189. The molecule has 1 N–H and O–H groups in total. The summed E-state index contributed by atoms with van der Waals surface area (Å²) in [6, 6.07) is 9.56. The highest BCUT2D eigenvalue weighted by Crippen LogP contribution is 2.30. The van der Waals surface area contributed by atoms with Gasteiger partial charge < -0.3 is 0 Å². The van der Waals surface area contributed by atoms with Gasteiger partial charge in [0.2, 0.25) is 5.13 Å². The number of halogens is 1. The SMILES string of the molecule is Cc1nnc(NC(=O)c2cc3c(C)nn(Cc4ccccc4Cl)c3s2)s1. The predicted molar refractivity (Wildman–Crippen MR) is 106 cm³/mol. The highest BCUT2D eigenvalue weighted by atomic mass is 35.5. The van der Waals surface area contributed by atoms with Crippen molar-refractivity contribution in [3.63, 3.8) is 0 Å². The van der Waals surface area contributed by atoms with Gasteiger partial charge in [0.1, 0.15) is 9.84 Å². The van der Waals surface area contributed by atoms with E-state index in [1.54, 1.807) is 0 Å². The third-order valence-corrected chi connectivity index (χ3v) is 6.13. The molecule has 4 aromatic rings. The van der Waals surface area contributed by atoms with Crippen molar-refractivity contribution in [1.82, 2.24) is 20.0 Å². The normalized spacial score (nSPS) is 11.2. The molecule has 3 aromatic heterocycles. The van der Waals surface area contributed by atoms with Crippen LogP contribution < -0.4 is 5.32 Å². The Bertz CT molecular complexity index is 1110. The van der Waals surface area contributed by atoms with Gasteiger partial charge in [-0.3, -0.25) is 14.8 Å². The first-order chi connectivity index (χ1) is 12.5. The maximum atomic E-state index is 12.5. The molecule has 26 heavy (non-hydrogen) atoms. The maximum absolute atomic E-state index is 12.5. The van der Waals surface area contributed by atoms with Gasteiger partial charge in [-0.25, -0.2) is 0 Å². The van der Waals surface area contributed by atoms with Gasteiger partial charge >= 0.3 is 0 Å². The summed E-state index contributed by atoms with van der Waals surface area (Å²) in [4.78, 5) is 14.1. The van der Waals surface area contributed by atoms with E-state index in [0.717, 1.165) is 26.5 Å². The van der Waals surface area contributed by atoms with Gasteiger partial charge in [0.05, 0.1) is 17.1 Å². The van der Waals surface area contributed by atoms with Gasteiger partial charge in [0.25, 0.3) is 5.91 Å². The van der Waals surface area contributed by atoms with Crippen molar-refractivity contribution >= 4 is 55.5 Å².